The fourth-order valence-corrected chi connectivity index (χ4v) is 2.60. The highest BCUT2D eigenvalue weighted by atomic mass is 35.5. The number of rotatable bonds is 2. The van der Waals surface area contributed by atoms with Crippen LogP contribution in [0.1, 0.15) is 24.3 Å². The summed E-state index contributed by atoms with van der Waals surface area (Å²) in [6, 6.07) is 0.164. The highest BCUT2D eigenvalue weighted by Gasteiger charge is 2.25. The van der Waals surface area contributed by atoms with Gasteiger partial charge in [0.05, 0.1) is 0 Å². The molecule has 0 bridgehead atoms. The van der Waals surface area contributed by atoms with Gasteiger partial charge in [0, 0.05) is 38.0 Å². The molecule has 20 heavy (non-hydrogen) atoms. The highest BCUT2D eigenvalue weighted by Crippen LogP contribution is 2.18. The molecule has 1 aromatic rings. The zero-order valence-corrected chi connectivity index (χ0v) is 13.7. The Morgan fingerprint density at radius 1 is 1.50 bits per heavy atom. The van der Waals surface area contributed by atoms with Gasteiger partial charge in [-0.2, -0.15) is 0 Å². The van der Waals surface area contributed by atoms with Crippen molar-refractivity contribution >= 4 is 53.1 Å². The summed E-state index contributed by atoms with van der Waals surface area (Å²) in [5.74, 6) is -0.254. The van der Waals surface area contributed by atoms with Crippen LogP contribution in [0.15, 0.2) is 5.38 Å². The minimum Gasteiger partial charge on any atom is -0.332 e. The Morgan fingerprint density at radius 3 is 2.80 bits per heavy atom. The lowest BCUT2D eigenvalue weighted by Gasteiger charge is -2.33. The fraction of sp³-hybridized carbons (Fsp3) is 0.545. The van der Waals surface area contributed by atoms with E-state index in [4.69, 9.17) is 0 Å². The Kier molecular flexibility index (Phi) is 8.03. The molecule has 1 atom stereocenters. The molecule has 2 amide bonds. The molecular weight excluding hydrogens is 323 g/mol. The smallest absolute Gasteiger partial charge is 0.273 e. The van der Waals surface area contributed by atoms with Crippen molar-refractivity contribution in [2.75, 3.05) is 25.0 Å². The fourth-order valence-electron chi connectivity index (χ4n) is 1.87. The maximum Gasteiger partial charge on any atom is 0.273 e. The predicted molar refractivity (Wildman–Crippen MR) is 84.3 cm³/mol. The molecule has 114 valence electrons. The topological polar surface area (TPSA) is 74.3 Å². The van der Waals surface area contributed by atoms with Gasteiger partial charge in [0.15, 0.2) is 5.13 Å². The SMILES string of the molecule is CC(=O)Nc1nc(C(=O)N2CCNC[C@H]2C)cs1.Cl.Cl. The van der Waals surface area contributed by atoms with Crippen molar-refractivity contribution in [1.29, 1.82) is 0 Å². The number of nitrogens with zero attached hydrogens (tertiary/aromatic N) is 2. The summed E-state index contributed by atoms with van der Waals surface area (Å²) in [4.78, 5) is 29.1. The summed E-state index contributed by atoms with van der Waals surface area (Å²) in [6.07, 6.45) is 0. The number of aromatic nitrogens is 1. The van der Waals surface area contributed by atoms with Crippen LogP contribution in [-0.2, 0) is 4.79 Å². The summed E-state index contributed by atoms with van der Waals surface area (Å²) in [5, 5.41) is 7.96. The van der Waals surface area contributed by atoms with E-state index in [2.05, 4.69) is 15.6 Å². The average molecular weight is 341 g/mol. The van der Waals surface area contributed by atoms with Crippen LogP contribution in [-0.4, -0.2) is 47.4 Å². The molecule has 0 radical (unpaired) electrons. The van der Waals surface area contributed by atoms with Crippen LogP contribution in [0.2, 0.25) is 0 Å². The quantitative estimate of drug-likeness (QED) is 0.852. The van der Waals surface area contributed by atoms with Crippen LogP contribution in [0.5, 0.6) is 0 Å². The van der Waals surface area contributed by atoms with Crippen molar-refractivity contribution in [3.05, 3.63) is 11.1 Å². The van der Waals surface area contributed by atoms with E-state index < -0.39 is 0 Å². The molecule has 1 aliphatic rings. The van der Waals surface area contributed by atoms with Crippen LogP contribution in [0, 0.1) is 0 Å². The Bertz CT molecular complexity index is 469. The molecule has 1 fully saturated rings. The van der Waals surface area contributed by atoms with Gasteiger partial charge in [-0.3, -0.25) is 9.59 Å². The standard InChI is InChI=1S/C11H16N4O2S.2ClH/c1-7-5-12-3-4-15(7)10(17)9-6-18-11(14-9)13-8(2)16;;/h6-7,12H,3-5H2,1-2H3,(H,13,14,16);2*1H/t7-;;/m1../s1. The molecule has 1 aliphatic heterocycles. The monoisotopic (exact) mass is 340 g/mol. The second-order valence-electron chi connectivity index (χ2n) is 4.27. The summed E-state index contributed by atoms with van der Waals surface area (Å²) in [5.41, 5.74) is 0.400. The molecule has 0 unspecified atom stereocenters. The Balaban J connectivity index is 0.00000180. The molecule has 1 aromatic heterocycles. The minimum atomic E-state index is -0.182. The predicted octanol–water partition coefficient (Wildman–Crippen LogP) is 1.38. The largest absolute Gasteiger partial charge is 0.332 e. The van der Waals surface area contributed by atoms with Crippen molar-refractivity contribution in [1.82, 2.24) is 15.2 Å². The molecule has 9 heteroatoms. The maximum absolute atomic E-state index is 12.2. The number of carbonyl (C=O) groups excluding carboxylic acids is 2. The van der Waals surface area contributed by atoms with Crippen LogP contribution in [0.3, 0.4) is 0 Å². The van der Waals surface area contributed by atoms with E-state index in [1.54, 1.807) is 5.38 Å². The number of hydrogen-bond donors (Lipinski definition) is 2. The second kappa shape index (κ2) is 8.41. The summed E-state index contributed by atoms with van der Waals surface area (Å²) in [7, 11) is 0. The molecule has 0 aromatic carbocycles. The van der Waals surface area contributed by atoms with Crippen molar-refractivity contribution < 1.29 is 9.59 Å². The van der Waals surface area contributed by atoms with Crippen molar-refractivity contribution in [2.24, 2.45) is 0 Å². The minimum absolute atomic E-state index is 0. The molecule has 0 spiro atoms. The number of anilines is 1. The van der Waals surface area contributed by atoms with E-state index in [1.165, 1.54) is 18.3 Å². The van der Waals surface area contributed by atoms with Crippen molar-refractivity contribution in [2.45, 2.75) is 19.9 Å². The number of halogens is 2. The lowest BCUT2D eigenvalue weighted by molar-refractivity contribution is -0.114. The van der Waals surface area contributed by atoms with Gasteiger partial charge in [0.1, 0.15) is 5.69 Å². The van der Waals surface area contributed by atoms with E-state index in [1.807, 2.05) is 11.8 Å². The molecule has 0 saturated carbocycles. The van der Waals surface area contributed by atoms with E-state index >= 15 is 0 Å². The van der Waals surface area contributed by atoms with Gasteiger partial charge in [-0.1, -0.05) is 0 Å². The number of thiazole rings is 1. The molecule has 2 N–H and O–H groups in total. The zero-order chi connectivity index (χ0) is 13.1. The molecule has 6 nitrogen and oxygen atoms in total. The van der Waals surface area contributed by atoms with Gasteiger partial charge in [-0.05, 0) is 6.92 Å². The second-order valence-corrected chi connectivity index (χ2v) is 5.13. The zero-order valence-electron chi connectivity index (χ0n) is 11.2. The average Bonchev–Trinajstić information content (AvgIpc) is 2.76. The number of nitrogens with one attached hydrogen (secondary N) is 2. The first kappa shape index (κ1) is 19.1. The summed E-state index contributed by atoms with van der Waals surface area (Å²) < 4.78 is 0. The lowest BCUT2D eigenvalue weighted by atomic mass is 10.2. The Labute approximate surface area is 134 Å². The van der Waals surface area contributed by atoms with Crippen LogP contribution < -0.4 is 10.6 Å². The molecule has 2 heterocycles. The maximum atomic E-state index is 12.2. The summed E-state index contributed by atoms with van der Waals surface area (Å²) in [6.45, 7) is 5.71. The van der Waals surface area contributed by atoms with Crippen molar-refractivity contribution in [3.8, 4) is 0 Å². The number of carbonyl (C=O) groups is 2. The first-order valence-corrected chi connectivity index (χ1v) is 6.70. The first-order valence-electron chi connectivity index (χ1n) is 5.82. The molecule has 0 aliphatic carbocycles. The van der Waals surface area contributed by atoms with E-state index in [-0.39, 0.29) is 42.7 Å². The Hall–Kier alpha value is -0.890. The number of amides is 2. The van der Waals surface area contributed by atoms with Gasteiger partial charge in [-0.15, -0.1) is 36.2 Å². The van der Waals surface area contributed by atoms with Crippen LogP contribution in [0.25, 0.3) is 0 Å². The first-order chi connectivity index (χ1) is 8.58. The van der Waals surface area contributed by atoms with Gasteiger partial charge in [-0.25, -0.2) is 4.98 Å². The van der Waals surface area contributed by atoms with Crippen LogP contribution in [0.4, 0.5) is 5.13 Å². The van der Waals surface area contributed by atoms with E-state index in [0.29, 0.717) is 17.4 Å². The van der Waals surface area contributed by atoms with Gasteiger partial charge >= 0.3 is 0 Å². The molecule has 2 rings (SSSR count). The van der Waals surface area contributed by atoms with Crippen molar-refractivity contribution in [3.63, 3.8) is 0 Å². The third-order valence-electron chi connectivity index (χ3n) is 2.77. The number of piperazine rings is 1. The third-order valence-corrected chi connectivity index (χ3v) is 3.53. The van der Waals surface area contributed by atoms with Gasteiger partial charge in [0.2, 0.25) is 5.91 Å². The van der Waals surface area contributed by atoms with Crippen LogP contribution >= 0.6 is 36.2 Å². The summed E-state index contributed by atoms with van der Waals surface area (Å²) >= 11 is 1.27. The number of hydrogen-bond acceptors (Lipinski definition) is 5. The third kappa shape index (κ3) is 4.59. The van der Waals surface area contributed by atoms with E-state index in [9.17, 15) is 9.59 Å². The molecular formula is C11H18Cl2N4O2S. The Morgan fingerprint density at radius 2 is 2.20 bits per heavy atom. The highest BCUT2D eigenvalue weighted by molar-refractivity contribution is 7.14. The van der Waals surface area contributed by atoms with Gasteiger partial charge < -0.3 is 15.5 Å². The molecule has 1 saturated heterocycles. The van der Waals surface area contributed by atoms with Gasteiger partial charge in [0.25, 0.3) is 5.91 Å². The normalized spacial score (nSPS) is 17.7. The van der Waals surface area contributed by atoms with E-state index in [0.717, 1.165) is 13.1 Å². The lowest BCUT2D eigenvalue weighted by Crippen LogP contribution is -2.52.